The summed E-state index contributed by atoms with van der Waals surface area (Å²) in [6.45, 7) is 2.66. The maximum absolute atomic E-state index is 6.00. The average molecular weight is 306 g/mol. The molecule has 0 saturated carbocycles. The van der Waals surface area contributed by atoms with Crippen LogP contribution in [0.4, 0.5) is 0 Å². The maximum atomic E-state index is 6.00. The lowest BCUT2D eigenvalue weighted by Gasteiger charge is -2.07. The fourth-order valence-corrected chi connectivity index (χ4v) is 2.51. The van der Waals surface area contributed by atoms with Crippen molar-refractivity contribution in [2.24, 2.45) is 0 Å². The predicted molar refractivity (Wildman–Crippen MR) is 82.4 cm³/mol. The van der Waals surface area contributed by atoms with Crippen LogP contribution in [0.15, 0.2) is 36.4 Å². The molecular formula is C15H13Cl2N3. The van der Waals surface area contributed by atoms with E-state index in [1.165, 1.54) is 0 Å². The first-order valence-electron chi connectivity index (χ1n) is 6.30. The molecule has 0 saturated heterocycles. The molecule has 0 radical (unpaired) electrons. The molecule has 0 aliphatic carbocycles. The Bertz CT molecular complexity index is 748. The number of aromatic nitrogens is 3. The minimum atomic E-state index is 0.364. The number of fused-ring (bicyclic) bond motifs is 1. The Morgan fingerprint density at radius 2 is 1.80 bits per heavy atom. The first-order chi connectivity index (χ1) is 9.67. The molecule has 0 fully saturated rings. The van der Waals surface area contributed by atoms with E-state index in [9.17, 15) is 0 Å². The molecule has 0 aliphatic rings. The molecule has 3 rings (SSSR count). The highest BCUT2D eigenvalue weighted by Crippen LogP contribution is 2.19. The largest absolute Gasteiger partial charge is 0.307 e. The maximum Gasteiger partial charge on any atom is 0.160 e. The molecule has 3 aromatic rings. The van der Waals surface area contributed by atoms with Crippen LogP contribution in [0, 0.1) is 6.92 Å². The number of benzene rings is 1. The van der Waals surface area contributed by atoms with Crippen LogP contribution in [0.5, 0.6) is 0 Å². The second kappa shape index (κ2) is 5.43. The van der Waals surface area contributed by atoms with Crippen molar-refractivity contribution in [3.8, 4) is 0 Å². The molecule has 2 heterocycles. The lowest BCUT2D eigenvalue weighted by atomic mass is 10.2. The van der Waals surface area contributed by atoms with Gasteiger partial charge in [0, 0.05) is 10.7 Å². The quantitative estimate of drug-likeness (QED) is 0.680. The van der Waals surface area contributed by atoms with E-state index in [2.05, 4.69) is 14.5 Å². The minimum absolute atomic E-state index is 0.364. The Kier molecular flexibility index (Phi) is 3.64. The first kappa shape index (κ1) is 13.4. The third kappa shape index (κ3) is 2.51. The van der Waals surface area contributed by atoms with Gasteiger partial charge in [0.05, 0.1) is 12.4 Å². The number of rotatable bonds is 3. The van der Waals surface area contributed by atoms with Gasteiger partial charge < -0.3 is 4.57 Å². The van der Waals surface area contributed by atoms with E-state index in [-0.39, 0.29) is 0 Å². The molecule has 0 aliphatic heterocycles. The molecule has 0 N–H and O–H groups in total. The molecule has 5 heteroatoms. The van der Waals surface area contributed by atoms with Crippen LogP contribution in [0.2, 0.25) is 5.02 Å². The fraction of sp³-hybridized carbons (Fsp3) is 0.200. The molecule has 0 amide bonds. The highest BCUT2D eigenvalue weighted by atomic mass is 35.5. The van der Waals surface area contributed by atoms with E-state index in [1.807, 2.05) is 43.3 Å². The lowest BCUT2D eigenvalue weighted by Crippen LogP contribution is -2.05. The summed E-state index contributed by atoms with van der Waals surface area (Å²) in [5.41, 5.74) is 3.86. The summed E-state index contributed by atoms with van der Waals surface area (Å²) in [4.78, 5) is 9.10. The SMILES string of the molecule is Cc1ccc2nc(CCl)n(Cc3ccc(Cl)cc3)c2n1. The average Bonchev–Trinajstić information content (AvgIpc) is 2.79. The van der Waals surface area contributed by atoms with Gasteiger partial charge >= 0.3 is 0 Å². The molecule has 3 nitrogen and oxygen atoms in total. The van der Waals surface area contributed by atoms with Gasteiger partial charge in [0.1, 0.15) is 11.3 Å². The van der Waals surface area contributed by atoms with E-state index in [1.54, 1.807) is 0 Å². The van der Waals surface area contributed by atoms with Crippen LogP contribution < -0.4 is 0 Å². The molecule has 2 aromatic heterocycles. The Labute approximate surface area is 127 Å². The van der Waals surface area contributed by atoms with Gasteiger partial charge in [-0.2, -0.15) is 0 Å². The number of halogens is 2. The minimum Gasteiger partial charge on any atom is -0.307 e. The predicted octanol–water partition coefficient (Wildman–Crippen LogP) is 4.18. The van der Waals surface area contributed by atoms with Gasteiger partial charge in [-0.05, 0) is 36.8 Å². The third-order valence-corrected chi connectivity index (χ3v) is 3.67. The zero-order chi connectivity index (χ0) is 14.1. The van der Waals surface area contributed by atoms with Crippen molar-refractivity contribution in [2.75, 3.05) is 0 Å². The van der Waals surface area contributed by atoms with Gasteiger partial charge in [-0.3, -0.25) is 0 Å². The Morgan fingerprint density at radius 1 is 1.05 bits per heavy atom. The van der Waals surface area contributed by atoms with Crippen LogP contribution in [0.25, 0.3) is 11.2 Å². The highest BCUT2D eigenvalue weighted by Gasteiger charge is 2.11. The van der Waals surface area contributed by atoms with E-state index in [0.29, 0.717) is 12.4 Å². The molecule has 102 valence electrons. The summed E-state index contributed by atoms with van der Waals surface area (Å²) in [6, 6.07) is 11.7. The standard InChI is InChI=1S/C15H13Cl2N3/c1-10-2-7-13-15(18-10)20(14(8-16)19-13)9-11-3-5-12(17)6-4-11/h2-7H,8-9H2,1H3. The summed E-state index contributed by atoms with van der Waals surface area (Å²) in [6.07, 6.45) is 0. The van der Waals surface area contributed by atoms with Crippen molar-refractivity contribution in [1.29, 1.82) is 0 Å². The monoisotopic (exact) mass is 305 g/mol. The molecule has 0 spiro atoms. The van der Waals surface area contributed by atoms with Crippen molar-refractivity contribution < 1.29 is 0 Å². The summed E-state index contributed by atoms with van der Waals surface area (Å²) < 4.78 is 2.05. The molecule has 0 atom stereocenters. The Balaban J connectivity index is 2.08. The number of nitrogens with zero attached hydrogens (tertiary/aromatic N) is 3. The van der Waals surface area contributed by atoms with Crippen LogP contribution in [0.1, 0.15) is 17.1 Å². The third-order valence-electron chi connectivity index (χ3n) is 3.18. The van der Waals surface area contributed by atoms with Gasteiger partial charge in [0.15, 0.2) is 5.65 Å². The summed E-state index contributed by atoms with van der Waals surface area (Å²) in [5.74, 6) is 1.19. The smallest absolute Gasteiger partial charge is 0.160 e. The number of hydrogen-bond acceptors (Lipinski definition) is 2. The number of hydrogen-bond donors (Lipinski definition) is 0. The van der Waals surface area contributed by atoms with Gasteiger partial charge in [-0.1, -0.05) is 23.7 Å². The first-order valence-corrected chi connectivity index (χ1v) is 7.22. The molecule has 1 aromatic carbocycles. The second-order valence-corrected chi connectivity index (χ2v) is 5.37. The van der Waals surface area contributed by atoms with Crippen LogP contribution in [0.3, 0.4) is 0 Å². The Morgan fingerprint density at radius 3 is 2.50 bits per heavy atom. The van der Waals surface area contributed by atoms with E-state index < -0.39 is 0 Å². The number of alkyl halides is 1. The van der Waals surface area contributed by atoms with Crippen molar-refractivity contribution in [1.82, 2.24) is 14.5 Å². The fourth-order valence-electron chi connectivity index (χ4n) is 2.18. The summed E-state index contributed by atoms with van der Waals surface area (Å²) in [7, 11) is 0. The van der Waals surface area contributed by atoms with Gasteiger partial charge in [-0.25, -0.2) is 9.97 Å². The summed E-state index contributed by atoms with van der Waals surface area (Å²) >= 11 is 11.9. The van der Waals surface area contributed by atoms with Crippen LogP contribution in [-0.4, -0.2) is 14.5 Å². The second-order valence-electron chi connectivity index (χ2n) is 4.67. The van der Waals surface area contributed by atoms with Crippen molar-refractivity contribution >= 4 is 34.4 Å². The zero-order valence-electron chi connectivity index (χ0n) is 11.0. The molecule has 0 bridgehead atoms. The number of pyridine rings is 1. The van der Waals surface area contributed by atoms with Crippen molar-refractivity contribution in [3.05, 3.63) is 58.5 Å². The molecule has 0 unspecified atom stereocenters. The van der Waals surface area contributed by atoms with E-state index in [0.717, 1.165) is 33.3 Å². The van der Waals surface area contributed by atoms with Gasteiger partial charge in [0.2, 0.25) is 0 Å². The molecule has 20 heavy (non-hydrogen) atoms. The van der Waals surface area contributed by atoms with Gasteiger partial charge in [0.25, 0.3) is 0 Å². The lowest BCUT2D eigenvalue weighted by molar-refractivity contribution is 0.769. The van der Waals surface area contributed by atoms with E-state index in [4.69, 9.17) is 23.2 Å². The molecular weight excluding hydrogens is 293 g/mol. The van der Waals surface area contributed by atoms with Crippen molar-refractivity contribution in [2.45, 2.75) is 19.3 Å². The van der Waals surface area contributed by atoms with Crippen molar-refractivity contribution in [3.63, 3.8) is 0 Å². The Hall–Kier alpha value is -1.58. The number of aryl methyl sites for hydroxylation is 1. The van der Waals surface area contributed by atoms with Gasteiger partial charge in [-0.15, -0.1) is 11.6 Å². The number of imidazole rings is 1. The van der Waals surface area contributed by atoms with Crippen LogP contribution in [-0.2, 0) is 12.4 Å². The highest BCUT2D eigenvalue weighted by molar-refractivity contribution is 6.30. The topological polar surface area (TPSA) is 30.7 Å². The zero-order valence-corrected chi connectivity index (χ0v) is 12.5. The van der Waals surface area contributed by atoms with E-state index >= 15 is 0 Å². The normalized spacial score (nSPS) is 11.2. The van der Waals surface area contributed by atoms with Crippen LogP contribution >= 0.6 is 23.2 Å². The summed E-state index contributed by atoms with van der Waals surface area (Å²) in [5, 5.41) is 0.732.